The fraction of sp³-hybridized carbons (Fsp3) is 0.474. The average molecular weight is 456 g/mol. The van der Waals surface area contributed by atoms with Gasteiger partial charge in [-0.15, -0.1) is 0 Å². The number of esters is 2. The molecule has 7 nitrogen and oxygen atoms in total. The Bertz CT molecular complexity index is 756. The van der Waals surface area contributed by atoms with Crippen LogP contribution in [-0.2, 0) is 28.5 Å². The molecule has 0 amide bonds. The minimum Gasteiger partial charge on any atom is -0.460 e. The number of benzene rings is 1. The molecule has 0 aliphatic carbocycles. The minimum absolute atomic E-state index is 0.0615. The number of rotatable bonds is 14. The number of hydrogen-bond donors (Lipinski definition) is 0. The normalized spacial score (nSPS) is 10.8. The molecule has 0 fully saturated rings. The summed E-state index contributed by atoms with van der Waals surface area (Å²) >= 11 is 0. The molecule has 31 heavy (non-hydrogen) atoms. The third-order valence-electron chi connectivity index (χ3n) is 3.39. The Morgan fingerprint density at radius 1 is 0.710 bits per heavy atom. The lowest BCUT2D eigenvalue weighted by atomic mass is 10.2. The van der Waals surface area contributed by atoms with Crippen molar-refractivity contribution in [2.75, 3.05) is 46.2 Å². The maximum absolute atomic E-state index is 13.4. The zero-order valence-corrected chi connectivity index (χ0v) is 16.6. The lowest BCUT2D eigenvalue weighted by Gasteiger charge is -2.09. The van der Waals surface area contributed by atoms with Crippen LogP contribution in [0.1, 0.15) is 13.3 Å². The molecule has 0 unspecified atom stereocenters. The van der Waals surface area contributed by atoms with E-state index in [1.807, 2.05) is 0 Å². The Balaban J connectivity index is 2.11. The van der Waals surface area contributed by atoms with Crippen molar-refractivity contribution >= 4 is 11.9 Å². The molecule has 0 radical (unpaired) electrons. The van der Waals surface area contributed by atoms with Crippen LogP contribution in [0.15, 0.2) is 12.2 Å². The third kappa shape index (κ3) is 8.99. The van der Waals surface area contributed by atoms with Gasteiger partial charge in [-0.2, -0.15) is 8.78 Å². The Kier molecular flexibility index (Phi) is 11.7. The van der Waals surface area contributed by atoms with Gasteiger partial charge in [-0.05, 0) is 6.92 Å². The van der Waals surface area contributed by atoms with Crippen molar-refractivity contribution in [1.82, 2.24) is 0 Å². The summed E-state index contributed by atoms with van der Waals surface area (Å²) < 4.78 is 90.2. The van der Waals surface area contributed by atoms with Crippen LogP contribution in [0, 0.1) is 29.1 Å². The van der Waals surface area contributed by atoms with E-state index >= 15 is 0 Å². The summed E-state index contributed by atoms with van der Waals surface area (Å²) in [5.74, 6) is -14.7. The highest BCUT2D eigenvalue weighted by Crippen LogP contribution is 2.29. The molecule has 0 aliphatic heterocycles. The molecule has 0 spiro atoms. The SMILES string of the molecule is C=C(C)C(=O)OCCOCCOCCOCCC(=O)Oc1c(F)c(F)c(F)c(F)c1F. The van der Waals surface area contributed by atoms with Gasteiger partial charge in [0.25, 0.3) is 0 Å². The van der Waals surface area contributed by atoms with Crippen LogP contribution in [-0.4, -0.2) is 58.2 Å². The zero-order chi connectivity index (χ0) is 23.4. The maximum atomic E-state index is 13.4. The van der Waals surface area contributed by atoms with E-state index in [1.54, 1.807) is 0 Å². The fourth-order valence-corrected chi connectivity index (χ4v) is 1.85. The molecule has 12 heteroatoms. The van der Waals surface area contributed by atoms with Crippen molar-refractivity contribution in [2.24, 2.45) is 0 Å². The van der Waals surface area contributed by atoms with Crippen molar-refractivity contribution in [3.63, 3.8) is 0 Å². The number of carbonyl (C=O) groups excluding carboxylic acids is 2. The highest BCUT2D eigenvalue weighted by atomic mass is 19.2. The Labute approximate surface area is 174 Å². The van der Waals surface area contributed by atoms with Crippen LogP contribution < -0.4 is 4.74 Å². The molecular weight excluding hydrogens is 435 g/mol. The molecule has 0 saturated heterocycles. The predicted octanol–water partition coefficient (Wildman–Crippen LogP) is 2.85. The van der Waals surface area contributed by atoms with E-state index in [0.717, 1.165) is 0 Å². The van der Waals surface area contributed by atoms with Crippen molar-refractivity contribution in [3.05, 3.63) is 41.2 Å². The number of carbonyl (C=O) groups is 2. The standard InChI is InChI=1S/C19H21F5O7/c1-11(2)19(26)30-10-9-29-8-7-28-6-5-27-4-3-12(25)31-18-16(23)14(21)13(20)15(22)17(18)24/h1,3-10H2,2H3. The van der Waals surface area contributed by atoms with Crippen LogP contribution in [0.3, 0.4) is 0 Å². The van der Waals surface area contributed by atoms with E-state index < -0.39 is 53.2 Å². The van der Waals surface area contributed by atoms with Gasteiger partial charge >= 0.3 is 11.9 Å². The summed E-state index contributed by atoms with van der Waals surface area (Å²) in [5.41, 5.74) is 0.286. The van der Waals surface area contributed by atoms with Gasteiger partial charge in [0.05, 0.1) is 46.1 Å². The maximum Gasteiger partial charge on any atom is 0.333 e. The first-order valence-corrected chi connectivity index (χ1v) is 8.94. The van der Waals surface area contributed by atoms with Gasteiger partial charge in [-0.1, -0.05) is 6.58 Å². The quantitative estimate of drug-likeness (QED) is 0.0810. The molecule has 0 atom stereocenters. The molecule has 1 aromatic rings. The third-order valence-corrected chi connectivity index (χ3v) is 3.39. The van der Waals surface area contributed by atoms with E-state index in [1.165, 1.54) is 6.92 Å². The van der Waals surface area contributed by atoms with Gasteiger partial charge in [0.15, 0.2) is 0 Å². The van der Waals surface area contributed by atoms with Crippen molar-refractivity contribution < 1.29 is 55.2 Å². The number of halogens is 5. The molecule has 1 rings (SSSR count). The summed E-state index contributed by atoms with van der Waals surface area (Å²) in [7, 11) is 0. The Hall–Kier alpha value is -2.57. The minimum atomic E-state index is -2.35. The topological polar surface area (TPSA) is 80.3 Å². The van der Waals surface area contributed by atoms with Crippen molar-refractivity contribution in [3.8, 4) is 5.75 Å². The van der Waals surface area contributed by atoms with Gasteiger partial charge in [0.2, 0.25) is 34.8 Å². The van der Waals surface area contributed by atoms with Gasteiger partial charge in [-0.25, -0.2) is 18.0 Å². The van der Waals surface area contributed by atoms with E-state index in [4.69, 9.17) is 18.9 Å². The predicted molar refractivity (Wildman–Crippen MR) is 94.7 cm³/mol. The lowest BCUT2D eigenvalue weighted by Crippen LogP contribution is -2.16. The molecule has 174 valence electrons. The van der Waals surface area contributed by atoms with Gasteiger partial charge < -0.3 is 23.7 Å². The molecular formula is C19H21F5O7. The van der Waals surface area contributed by atoms with Gasteiger partial charge in [0.1, 0.15) is 6.61 Å². The Morgan fingerprint density at radius 3 is 1.61 bits per heavy atom. The summed E-state index contributed by atoms with van der Waals surface area (Å²) in [5, 5.41) is 0. The van der Waals surface area contributed by atoms with Gasteiger partial charge in [-0.3, -0.25) is 4.79 Å². The van der Waals surface area contributed by atoms with E-state index in [9.17, 15) is 31.5 Å². The lowest BCUT2D eigenvalue weighted by molar-refractivity contribution is -0.140. The second-order valence-electron chi connectivity index (χ2n) is 5.88. The van der Waals surface area contributed by atoms with Crippen LogP contribution >= 0.6 is 0 Å². The largest absolute Gasteiger partial charge is 0.460 e. The second kappa shape index (κ2) is 13.7. The fourth-order valence-electron chi connectivity index (χ4n) is 1.85. The first-order valence-electron chi connectivity index (χ1n) is 8.94. The van der Waals surface area contributed by atoms with E-state index in [-0.39, 0.29) is 51.8 Å². The summed E-state index contributed by atoms with van der Waals surface area (Å²) in [6.07, 6.45) is -0.495. The van der Waals surface area contributed by atoms with Gasteiger partial charge in [0, 0.05) is 5.57 Å². The smallest absolute Gasteiger partial charge is 0.333 e. The monoisotopic (exact) mass is 456 g/mol. The van der Waals surface area contributed by atoms with Crippen LogP contribution in [0.4, 0.5) is 22.0 Å². The summed E-state index contributed by atoms with van der Waals surface area (Å²) in [4.78, 5) is 22.6. The Morgan fingerprint density at radius 2 is 1.13 bits per heavy atom. The average Bonchev–Trinajstić information content (AvgIpc) is 2.74. The summed E-state index contributed by atoms with van der Waals surface area (Å²) in [6, 6.07) is 0. The molecule has 0 aliphatic rings. The van der Waals surface area contributed by atoms with E-state index in [0.29, 0.717) is 0 Å². The molecule has 0 N–H and O–H groups in total. The zero-order valence-electron chi connectivity index (χ0n) is 16.6. The molecule has 0 aromatic heterocycles. The first kappa shape index (κ1) is 26.5. The molecule has 0 heterocycles. The second-order valence-corrected chi connectivity index (χ2v) is 5.88. The summed E-state index contributed by atoms with van der Waals surface area (Å²) in [6.45, 7) is 5.64. The van der Waals surface area contributed by atoms with Crippen LogP contribution in [0.25, 0.3) is 0 Å². The number of hydrogen-bond acceptors (Lipinski definition) is 7. The highest BCUT2D eigenvalue weighted by Gasteiger charge is 2.28. The van der Waals surface area contributed by atoms with Crippen LogP contribution in [0.2, 0.25) is 0 Å². The first-order chi connectivity index (χ1) is 14.7. The van der Waals surface area contributed by atoms with Crippen molar-refractivity contribution in [1.29, 1.82) is 0 Å². The molecule has 0 bridgehead atoms. The number of ether oxygens (including phenoxy) is 5. The van der Waals surface area contributed by atoms with Crippen molar-refractivity contribution in [2.45, 2.75) is 13.3 Å². The van der Waals surface area contributed by atoms with Crippen LogP contribution in [0.5, 0.6) is 5.75 Å². The van der Waals surface area contributed by atoms with E-state index in [2.05, 4.69) is 11.3 Å². The highest BCUT2D eigenvalue weighted by molar-refractivity contribution is 5.86. The molecule has 0 saturated carbocycles. The molecule has 1 aromatic carbocycles.